The smallest absolute Gasteiger partial charge is 0.335 e. The monoisotopic (exact) mass is 280 g/mol. The molecule has 0 spiro atoms. The summed E-state index contributed by atoms with van der Waals surface area (Å²) in [6.07, 6.45) is 0. The number of methoxy groups -OCH3 is 1. The number of hydrogen-bond acceptors (Lipinski definition) is 4. The van der Waals surface area contributed by atoms with Gasteiger partial charge >= 0.3 is 5.97 Å². The van der Waals surface area contributed by atoms with Crippen LogP contribution in [0.5, 0.6) is 5.75 Å². The van der Waals surface area contributed by atoms with Crippen molar-refractivity contribution >= 4 is 17.6 Å². The van der Waals surface area contributed by atoms with E-state index in [4.69, 9.17) is 15.6 Å². The highest BCUT2D eigenvalue weighted by Gasteiger charge is 2.28. The van der Waals surface area contributed by atoms with Crippen LogP contribution in [-0.2, 0) is 4.79 Å². The minimum Gasteiger partial charge on any atom is -0.495 e. The van der Waals surface area contributed by atoms with E-state index in [1.54, 1.807) is 0 Å². The Labute approximate surface area is 117 Å². The third-order valence-corrected chi connectivity index (χ3v) is 2.92. The van der Waals surface area contributed by atoms with E-state index in [0.717, 1.165) is 0 Å². The van der Waals surface area contributed by atoms with Crippen LogP contribution < -0.4 is 15.8 Å². The van der Waals surface area contributed by atoms with Gasteiger partial charge in [0.1, 0.15) is 5.75 Å². The zero-order chi connectivity index (χ0) is 15.5. The number of carbonyl (C=O) groups excluding carboxylic acids is 1. The van der Waals surface area contributed by atoms with Crippen LogP contribution in [0.3, 0.4) is 0 Å². The zero-order valence-corrected chi connectivity index (χ0v) is 12.1. The second kappa shape index (κ2) is 5.92. The summed E-state index contributed by atoms with van der Waals surface area (Å²) in [7, 11) is 1.44. The maximum Gasteiger partial charge on any atom is 0.335 e. The topological polar surface area (TPSA) is 102 Å². The molecule has 6 heteroatoms. The van der Waals surface area contributed by atoms with Crippen molar-refractivity contribution in [2.45, 2.75) is 26.8 Å². The normalized spacial score (nSPS) is 12.7. The van der Waals surface area contributed by atoms with E-state index in [0.29, 0.717) is 5.75 Å². The van der Waals surface area contributed by atoms with Gasteiger partial charge in [-0.2, -0.15) is 0 Å². The number of nitrogens with two attached hydrogens (primary N) is 1. The largest absolute Gasteiger partial charge is 0.495 e. The molecule has 0 unspecified atom stereocenters. The fraction of sp³-hybridized carbons (Fsp3) is 0.429. The van der Waals surface area contributed by atoms with Crippen molar-refractivity contribution < 1.29 is 19.4 Å². The Morgan fingerprint density at radius 2 is 1.95 bits per heavy atom. The van der Waals surface area contributed by atoms with Crippen molar-refractivity contribution in [3.63, 3.8) is 0 Å². The summed E-state index contributed by atoms with van der Waals surface area (Å²) < 4.78 is 5.10. The maximum absolute atomic E-state index is 12.1. The maximum atomic E-state index is 12.1. The molecule has 110 valence electrons. The Morgan fingerprint density at radius 3 is 2.40 bits per heavy atom. The predicted molar refractivity (Wildman–Crippen MR) is 76.0 cm³/mol. The molecule has 1 aromatic rings. The fourth-order valence-corrected chi connectivity index (χ4v) is 1.54. The van der Waals surface area contributed by atoms with Gasteiger partial charge < -0.3 is 20.9 Å². The van der Waals surface area contributed by atoms with Crippen LogP contribution in [0.2, 0.25) is 0 Å². The summed E-state index contributed by atoms with van der Waals surface area (Å²) in [6.45, 7) is 5.55. The third-order valence-electron chi connectivity index (χ3n) is 2.92. The van der Waals surface area contributed by atoms with E-state index in [-0.39, 0.29) is 11.3 Å². The molecule has 1 atom stereocenters. The van der Waals surface area contributed by atoms with Gasteiger partial charge in [0.15, 0.2) is 0 Å². The lowest BCUT2D eigenvalue weighted by Gasteiger charge is -2.26. The molecule has 0 aliphatic heterocycles. The Balaban J connectivity index is 3.04. The first kappa shape index (κ1) is 16.0. The minimum absolute atomic E-state index is 0.0606. The lowest BCUT2D eigenvalue weighted by atomic mass is 9.87. The summed E-state index contributed by atoms with van der Waals surface area (Å²) in [6, 6.07) is 3.51. The van der Waals surface area contributed by atoms with Crippen LogP contribution in [-0.4, -0.2) is 30.1 Å². The summed E-state index contributed by atoms with van der Waals surface area (Å²) in [4.78, 5) is 23.0. The molecule has 0 saturated carbocycles. The molecule has 20 heavy (non-hydrogen) atoms. The van der Waals surface area contributed by atoms with Gasteiger partial charge in [0.2, 0.25) is 5.91 Å². The average molecular weight is 280 g/mol. The van der Waals surface area contributed by atoms with Crippen molar-refractivity contribution in [1.82, 2.24) is 0 Å². The number of carbonyl (C=O) groups is 2. The number of ether oxygens (including phenoxy) is 1. The molecule has 0 aromatic heterocycles. The quantitative estimate of drug-likeness (QED) is 0.779. The molecule has 1 aromatic carbocycles. The number of carboxylic acid groups (broad SMARTS) is 1. The van der Waals surface area contributed by atoms with E-state index < -0.39 is 23.3 Å². The van der Waals surface area contributed by atoms with Crippen molar-refractivity contribution in [3.8, 4) is 5.75 Å². The summed E-state index contributed by atoms with van der Waals surface area (Å²) in [5.74, 6) is -1.09. The number of carboxylic acids is 1. The highest BCUT2D eigenvalue weighted by Crippen LogP contribution is 2.27. The number of amides is 1. The number of rotatable bonds is 4. The van der Waals surface area contributed by atoms with E-state index in [2.05, 4.69) is 5.32 Å². The third kappa shape index (κ3) is 3.71. The highest BCUT2D eigenvalue weighted by molar-refractivity contribution is 5.98. The molecular weight excluding hydrogens is 260 g/mol. The number of benzene rings is 1. The fourth-order valence-electron chi connectivity index (χ4n) is 1.54. The second-order valence-corrected chi connectivity index (χ2v) is 5.55. The van der Waals surface area contributed by atoms with Gasteiger partial charge in [0.25, 0.3) is 0 Å². The first-order valence-corrected chi connectivity index (χ1v) is 6.14. The minimum atomic E-state index is -1.08. The van der Waals surface area contributed by atoms with E-state index >= 15 is 0 Å². The summed E-state index contributed by atoms with van der Waals surface area (Å²) in [5, 5.41) is 11.6. The molecule has 0 aliphatic carbocycles. The Hall–Kier alpha value is -2.08. The van der Waals surface area contributed by atoms with Crippen LogP contribution >= 0.6 is 0 Å². The molecule has 0 heterocycles. The Morgan fingerprint density at radius 1 is 1.35 bits per heavy atom. The Bertz CT molecular complexity index is 520. The van der Waals surface area contributed by atoms with Gasteiger partial charge in [-0.3, -0.25) is 4.79 Å². The molecule has 0 aliphatic rings. The zero-order valence-electron chi connectivity index (χ0n) is 12.1. The molecule has 0 bridgehead atoms. The van der Waals surface area contributed by atoms with E-state index in [1.807, 2.05) is 20.8 Å². The van der Waals surface area contributed by atoms with Gasteiger partial charge in [-0.25, -0.2) is 4.79 Å². The molecule has 1 rings (SSSR count). The van der Waals surface area contributed by atoms with Crippen LogP contribution in [0.4, 0.5) is 5.69 Å². The molecular formula is C14H20N2O4. The van der Waals surface area contributed by atoms with Crippen molar-refractivity contribution in [1.29, 1.82) is 0 Å². The number of nitrogens with one attached hydrogen (secondary N) is 1. The molecule has 0 saturated heterocycles. The molecule has 0 radical (unpaired) electrons. The molecule has 0 fully saturated rings. The van der Waals surface area contributed by atoms with E-state index in [1.165, 1.54) is 25.3 Å². The van der Waals surface area contributed by atoms with Crippen LogP contribution in [0.15, 0.2) is 18.2 Å². The number of aromatic carboxylic acids is 1. The van der Waals surface area contributed by atoms with Crippen LogP contribution in [0, 0.1) is 5.41 Å². The van der Waals surface area contributed by atoms with Gasteiger partial charge in [0, 0.05) is 0 Å². The predicted octanol–water partition coefficient (Wildman–Crippen LogP) is 1.71. The van der Waals surface area contributed by atoms with Crippen molar-refractivity contribution in [3.05, 3.63) is 23.8 Å². The number of anilines is 1. The Kier molecular flexibility index (Phi) is 4.73. The van der Waals surface area contributed by atoms with Gasteiger partial charge in [0.05, 0.1) is 24.4 Å². The molecule has 4 N–H and O–H groups in total. The molecule has 1 amide bonds. The number of hydrogen-bond donors (Lipinski definition) is 3. The summed E-state index contributed by atoms with van der Waals surface area (Å²) in [5.41, 5.74) is 5.81. The molecule has 6 nitrogen and oxygen atoms in total. The van der Waals surface area contributed by atoms with Gasteiger partial charge in [-0.15, -0.1) is 0 Å². The van der Waals surface area contributed by atoms with Crippen LogP contribution in [0.25, 0.3) is 0 Å². The van der Waals surface area contributed by atoms with Gasteiger partial charge in [-0.05, 0) is 23.6 Å². The van der Waals surface area contributed by atoms with Gasteiger partial charge in [-0.1, -0.05) is 20.8 Å². The second-order valence-electron chi connectivity index (χ2n) is 5.55. The van der Waals surface area contributed by atoms with Crippen LogP contribution in [0.1, 0.15) is 31.1 Å². The summed E-state index contributed by atoms with van der Waals surface area (Å²) >= 11 is 0. The SMILES string of the molecule is COc1ccc(C(=O)O)cc1NC(=O)[C@H](N)C(C)(C)C. The van der Waals surface area contributed by atoms with E-state index in [9.17, 15) is 9.59 Å². The highest BCUT2D eigenvalue weighted by atomic mass is 16.5. The van der Waals surface area contributed by atoms with Crippen molar-refractivity contribution in [2.75, 3.05) is 12.4 Å². The average Bonchev–Trinajstić information content (AvgIpc) is 2.36. The first-order chi connectivity index (χ1) is 9.16. The lowest BCUT2D eigenvalue weighted by molar-refractivity contribution is -0.119. The first-order valence-electron chi connectivity index (χ1n) is 6.14. The lowest BCUT2D eigenvalue weighted by Crippen LogP contribution is -2.45. The van der Waals surface area contributed by atoms with Crippen molar-refractivity contribution in [2.24, 2.45) is 11.1 Å². The standard InChI is InChI=1S/C14H20N2O4/c1-14(2,3)11(15)12(17)16-9-7-8(13(18)19)5-6-10(9)20-4/h5-7,11H,15H2,1-4H3,(H,16,17)(H,18,19)/t11-/m0/s1.